The molecule has 0 radical (unpaired) electrons. The standard InChI is InChI=1S/C28H35FN4O3/c1-28(2)21-10-9-20(22(28)18-21)19-33(26(34)25-8-5-17-36-25)16-13-31-11-14-32(15-12-31)27(35)30-24-7-4-3-6-23(24)29/h3-9,17,21-22H,10-16,18-19H2,1-2H3,(H,30,35). The summed E-state index contributed by atoms with van der Waals surface area (Å²) in [4.78, 5) is 31.7. The third-order valence-electron chi connectivity index (χ3n) is 8.44. The number of rotatable bonds is 7. The molecule has 192 valence electrons. The average molecular weight is 495 g/mol. The summed E-state index contributed by atoms with van der Waals surface area (Å²) in [5.74, 6) is 1.14. The first-order valence-corrected chi connectivity index (χ1v) is 12.9. The number of allylic oxidation sites excluding steroid dienone is 1. The van der Waals surface area contributed by atoms with Crippen LogP contribution in [0.5, 0.6) is 0 Å². The quantitative estimate of drug-likeness (QED) is 0.567. The van der Waals surface area contributed by atoms with Gasteiger partial charge < -0.3 is 19.5 Å². The lowest BCUT2D eigenvalue weighted by atomic mass is 9.49. The number of carbonyl (C=O) groups is 2. The summed E-state index contributed by atoms with van der Waals surface area (Å²) >= 11 is 0. The van der Waals surface area contributed by atoms with Crippen LogP contribution in [0.25, 0.3) is 0 Å². The van der Waals surface area contributed by atoms with Gasteiger partial charge in [-0.3, -0.25) is 9.69 Å². The second-order valence-electron chi connectivity index (χ2n) is 10.8. The lowest BCUT2D eigenvalue weighted by Gasteiger charge is -2.57. The first kappa shape index (κ1) is 24.6. The number of nitrogens with one attached hydrogen (secondary N) is 1. The molecule has 6 rings (SSSR count). The number of benzene rings is 1. The van der Waals surface area contributed by atoms with Crippen LogP contribution in [0, 0.1) is 23.1 Å². The molecule has 7 nitrogen and oxygen atoms in total. The molecule has 2 atom stereocenters. The molecule has 3 aliphatic carbocycles. The fraction of sp³-hybridized carbons (Fsp3) is 0.500. The number of para-hydroxylation sites is 1. The second kappa shape index (κ2) is 10.1. The Morgan fingerprint density at radius 3 is 2.58 bits per heavy atom. The van der Waals surface area contributed by atoms with E-state index in [2.05, 4.69) is 30.1 Å². The molecule has 3 amide bonds. The van der Waals surface area contributed by atoms with Crippen molar-refractivity contribution in [2.45, 2.75) is 26.7 Å². The van der Waals surface area contributed by atoms with Crippen molar-refractivity contribution in [2.75, 3.05) is 51.1 Å². The zero-order chi connectivity index (χ0) is 25.3. The number of halogens is 1. The Morgan fingerprint density at radius 1 is 1.14 bits per heavy atom. The highest BCUT2D eigenvalue weighted by Gasteiger charge is 2.51. The number of urea groups is 1. The van der Waals surface area contributed by atoms with Gasteiger partial charge in [-0.2, -0.15) is 0 Å². The first-order chi connectivity index (χ1) is 17.3. The van der Waals surface area contributed by atoms with E-state index in [0.29, 0.717) is 56.4 Å². The van der Waals surface area contributed by atoms with Crippen molar-refractivity contribution in [3.63, 3.8) is 0 Å². The van der Waals surface area contributed by atoms with E-state index in [-0.39, 0.29) is 17.6 Å². The van der Waals surface area contributed by atoms with E-state index >= 15 is 0 Å². The number of nitrogens with zero attached hydrogens (tertiary/aromatic N) is 3. The minimum Gasteiger partial charge on any atom is -0.459 e. The number of anilines is 1. The summed E-state index contributed by atoms with van der Waals surface area (Å²) in [5.41, 5.74) is 1.87. The van der Waals surface area contributed by atoms with Crippen molar-refractivity contribution in [3.8, 4) is 0 Å². The Morgan fingerprint density at radius 2 is 1.92 bits per heavy atom. The van der Waals surface area contributed by atoms with Gasteiger partial charge in [0.05, 0.1) is 12.0 Å². The SMILES string of the molecule is CC1(C)C2CC=C(CN(CCN3CCN(C(=O)Nc4ccccc4F)CC3)C(=O)c3ccco3)C1C2. The lowest BCUT2D eigenvalue weighted by Crippen LogP contribution is -2.52. The van der Waals surface area contributed by atoms with E-state index in [4.69, 9.17) is 4.42 Å². The van der Waals surface area contributed by atoms with E-state index in [0.717, 1.165) is 18.9 Å². The van der Waals surface area contributed by atoms with Gasteiger partial charge in [0.2, 0.25) is 0 Å². The highest BCUT2D eigenvalue weighted by atomic mass is 19.1. The van der Waals surface area contributed by atoms with Crippen molar-refractivity contribution >= 4 is 17.6 Å². The predicted octanol–water partition coefficient (Wildman–Crippen LogP) is 4.70. The van der Waals surface area contributed by atoms with E-state index < -0.39 is 5.82 Å². The minimum atomic E-state index is -0.445. The van der Waals surface area contributed by atoms with Crippen LogP contribution in [-0.2, 0) is 0 Å². The van der Waals surface area contributed by atoms with Crippen LogP contribution in [0.3, 0.4) is 0 Å². The van der Waals surface area contributed by atoms with Crippen molar-refractivity contribution < 1.29 is 18.4 Å². The van der Waals surface area contributed by atoms with Crippen molar-refractivity contribution in [1.29, 1.82) is 0 Å². The Kier molecular flexibility index (Phi) is 6.88. The lowest BCUT2D eigenvalue weighted by molar-refractivity contribution is -0.0106. The van der Waals surface area contributed by atoms with Gasteiger partial charge >= 0.3 is 6.03 Å². The normalized spacial score (nSPS) is 23.0. The third-order valence-corrected chi connectivity index (χ3v) is 8.44. The number of fused-ring (bicyclic) bond motifs is 1. The van der Waals surface area contributed by atoms with Gasteiger partial charge in [-0.15, -0.1) is 0 Å². The van der Waals surface area contributed by atoms with Crippen LogP contribution in [0.4, 0.5) is 14.9 Å². The van der Waals surface area contributed by atoms with Gasteiger partial charge in [-0.1, -0.05) is 37.6 Å². The molecule has 36 heavy (non-hydrogen) atoms. The van der Waals surface area contributed by atoms with Gasteiger partial charge in [-0.05, 0) is 54.4 Å². The second-order valence-corrected chi connectivity index (χ2v) is 10.8. The average Bonchev–Trinajstić information content (AvgIpc) is 3.43. The Bertz CT molecular complexity index is 1120. The fourth-order valence-corrected chi connectivity index (χ4v) is 5.88. The minimum absolute atomic E-state index is 0.0805. The van der Waals surface area contributed by atoms with Crippen LogP contribution in [0.1, 0.15) is 37.2 Å². The van der Waals surface area contributed by atoms with Crippen molar-refractivity contribution in [2.24, 2.45) is 17.3 Å². The number of hydrogen-bond acceptors (Lipinski definition) is 4. The third kappa shape index (κ3) is 4.91. The fourth-order valence-electron chi connectivity index (χ4n) is 5.88. The van der Waals surface area contributed by atoms with Gasteiger partial charge in [0, 0.05) is 45.8 Å². The molecule has 1 saturated heterocycles. The number of amides is 3. The number of piperazine rings is 1. The first-order valence-electron chi connectivity index (χ1n) is 12.9. The molecule has 2 unspecified atom stereocenters. The zero-order valence-electron chi connectivity index (χ0n) is 21.1. The topological polar surface area (TPSA) is 69.0 Å². The summed E-state index contributed by atoms with van der Waals surface area (Å²) in [5, 5.41) is 2.66. The van der Waals surface area contributed by atoms with Crippen molar-refractivity contribution in [3.05, 3.63) is 65.9 Å². The summed E-state index contributed by atoms with van der Waals surface area (Å²) in [6, 6.07) is 9.35. The maximum atomic E-state index is 13.9. The molecular formula is C28H35FN4O3. The molecule has 1 N–H and O–H groups in total. The Hall–Kier alpha value is -3.13. The number of furan rings is 1. The van der Waals surface area contributed by atoms with E-state index in [1.165, 1.54) is 24.3 Å². The molecule has 0 spiro atoms. The summed E-state index contributed by atoms with van der Waals surface area (Å²) < 4.78 is 19.3. The molecule has 2 bridgehead atoms. The van der Waals surface area contributed by atoms with Crippen LogP contribution < -0.4 is 5.32 Å². The molecule has 2 heterocycles. The largest absolute Gasteiger partial charge is 0.459 e. The molecular weight excluding hydrogens is 459 g/mol. The number of carbonyl (C=O) groups excluding carboxylic acids is 2. The molecule has 1 aliphatic heterocycles. The molecule has 4 aliphatic rings. The van der Waals surface area contributed by atoms with Gasteiger partial charge in [-0.25, -0.2) is 9.18 Å². The van der Waals surface area contributed by atoms with Crippen molar-refractivity contribution in [1.82, 2.24) is 14.7 Å². The molecule has 1 saturated carbocycles. The smallest absolute Gasteiger partial charge is 0.322 e. The molecule has 1 aromatic carbocycles. The molecule has 1 aromatic heterocycles. The van der Waals surface area contributed by atoms with Gasteiger partial charge in [0.25, 0.3) is 5.91 Å². The molecule has 2 fully saturated rings. The molecule has 8 heteroatoms. The Labute approximate surface area is 211 Å². The monoisotopic (exact) mass is 494 g/mol. The van der Waals surface area contributed by atoms with Gasteiger partial charge in [0.15, 0.2) is 5.76 Å². The van der Waals surface area contributed by atoms with Crippen LogP contribution in [0.15, 0.2) is 58.7 Å². The number of hydrogen-bond donors (Lipinski definition) is 1. The molecule has 2 aromatic rings. The predicted molar refractivity (Wildman–Crippen MR) is 136 cm³/mol. The van der Waals surface area contributed by atoms with Crippen LogP contribution >= 0.6 is 0 Å². The van der Waals surface area contributed by atoms with Gasteiger partial charge in [0.1, 0.15) is 5.82 Å². The van der Waals surface area contributed by atoms with E-state index in [1.807, 2.05) is 4.90 Å². The Balaban J connectivity index is 1.16. The summed E-state index contributed by atoms with van der Waals surface area (Å²) in [7, 11) is 0. The highest BCUT2D eigenvalue weighted by molar-refractivity contribution is 5.91. The van der Waals surface area contributed by atoms with E-state index in [1.54, 1.807) is 35.2 Å². The highest BCUT2D eigenvalue weighted by Crippen LogP contribution is 2.59. The summed E-state index contributed by atoms with van der Waals surface area (Å²) in [6.07, 6.45) is 6.20. The van der Waals surface area contributed by atoms with Crippen LogP contribution in [0.2, 0.25) is 0 Å². The maximum Gasteiger partial charge on any atom is 0.322 e. The van der Waals surface area contributed by atoms with E-state index in [9.17, 15) is 14.0 Å². The summed E-state index contributed by atoms with van der Waals surface area (Å²) in [6.45, 7) is 9.14. The zero-order valence-corrected chi connectivity index (χ0v) is 21.1. The van der Waals surface area contributed by atoms with Crippen LogP contribution in [-0.4, -0.2) is 72.5 Å². The maximum absolute atomic E-state index is 13.9.